The van der Waals surface area contributed by atoms with Crippen LogP contribution in [-0.4, -0.2) is 17.6 Å². The van der Waals surface area contributed by atoms with Crippen LogP contribution in [0, 0.1) is 5.92 Å². The molecule has 1 amide bonds. The molecular formula is C12H16ClNO3. The third-order valence-corrected chi connectivity index (χ3v) is 2.71. The number of carbonyl (C=O) groups excluding carboxylic acids is 1. The lowest BCUT2D eigenvalue weighted by Gasteiger charge is -2.12. The van der Waals surface area contributed by atoms with Crippen LogP contribution < -0.4 is 10.5 Å². The molecule has 0 saturated carbocycles. The molecule has 0 heterocycles. The molecule has 0 spiro atoms. The summed E-state index contributed by atoms with van der Waals surface area (Å²) in [6.45, 7) is 3.52. The smallest absolute Gasteiger partial charge is 0.223 e. The molecule has 0 aliphatic rings. The summed E-state index contributed by atoms with van der Waals surface area (Å²) < 4.78 is 5.38. The van der Waals surface area contributed by atoms with Crippen LogP contribution in [0.25, 0.3) is 0 Å². The number of benzene rings is 1. The normalized spacial score (nSPS) is 14.1. The van der Waals surface area contributed by atoms with Gasteiger partial charge in [0.25, 0.3) is 0 Å². The van der Waals surface area contributed by atoms with Crippen LogP contribution in [0.5, 0.6) is 5.75 Å². The number of nitrogens with two attached hydrogens (primary N) is 1. The molecule has 0 bridgehead atoms. The van der Waals surface area contributed by atoms with Crippen molar-refractivity contribution in [3.63, 3.8) is 0 Å². The van der Waals surface area contributed by atoms with Crippen molar-refractivity contribution in [3.05, 3.63) is 28.8 Å². The van der Waals surface area contributed by atoms with Crippen LogP contribution in [0.2, 0.25) is 5.02 Å². The summed E-state index contributed by atoms with van der Waals surface area (Å²) in [4.78, 5) is 10.8. The highest BCUT2D eigenvalue weighted by atomic mass is 35.5. The molecule has 94 valence electrons. The first-order valence-corrected chi connectivity index (χ1v) is 5.69. The number of primary amides is 1. The number of hydrogen-bond donors (Lipinski definition) is 2. The fourth-order valence-electron chi connectivity index (χ4n) is 1.19. The average Bonchev–Trinajstić information content (AvgIpc) is 2.26. The van der Waals surface area contributed by atoms with Crippen molar-refractivity contribution in [1.29, 1.82) is 0 Å². The quantitative estimate of drug-likeness (QED) is 0.846. The zero-order valence-electron chi connectivity index (χ0n) is 9.81. The first-order valence-electron chi connectivity index (χ1n) is 5.31. The Morgan fingerprint density at radius 3 is 2.65 bits per heavy atom. The Morgan fingerprint density at radius 1 is 1.53 bits per heavy atom. The topological polar surface area (TPSA) is 72.6 Å². The molecule has 2 atom stereocenters. The summed E-state index contributed by atoms with van der Waals surface area (Å²) in [6, 6.07) is 5.02. The summed E-state index contributed by atoms with van der Waals surface area (Å²) in [5.74, 6) is -0.312. The number of ether oxygens (including phenoxy) is 1. The molecule has 1 aromatic rings. The van der Waals surface area contributed by atoms with Gasteiger partial charge in [0.2, 0.25) is 5.91 Å². The SMILES string of the molecule is CC(COc1ccc(C(C)O)cc1Cl)C(N)=O. The Kier molecular flexibility index (Phi) is 4.78. The molecule has 0 fully saturated rings. The molecule has 0 radical (unpaired) electrons. The number of halogens is 1. The number of amides is 1. The number of carbonyl (C=O) groups is 1. The zero-order chi connectivity index (χ0) is 13.0. The van der Waals surface area contributed by atoms with Crippen LogP contribution in [0.4, 0.5) is 0 Å². The van der Waals surface area contributed by atoms with Gasteiger partial charge < -0.3 is 15.6 Å². The Bertz CT molecular complexity index is 407. The van der Waals surface area contributed by atoms with Gasteiger partial charge in [0.05, 0.1) is 23.7 Å². The lowest BCUT2D eigenvalue weighted by atomic mass is 10.1. The summed E-state index contributed by atoms with van der Waals surface area (Å²) in [5.41, 5.74) is 5.83. The van der Waals surface area contributed by atoms with E-state index < -0.39 is 12.0 Å². The van der Waals surface area contributed by atoms with Crippen LogP contribution in [0.15, 0.2) is 18.2 Å². The fraction of sp³-hybridized carbons (Fsp3) is 0.417. The molecule has 0 saturated heterocycles. The van der Waals surface area contributed by atoms with Crippen molar-refractivity contribution in [1.82, 2.24) is 0 Å². The van der Waals surface area contributed by atoms with E-state index in [1.54, 1.807) is 32.0 Å². The molecule has 4 nitrogen and oxygen atoms in total. The van der Waals surface area contributed by atoms with Crippen LogP contribution in [0.3, 0.4) is 0 Å². The molecule has 3 N–H and O–H groups in total. The molecule has 0 aromatic heterocycles. The first kappa shape index (κ1) is 13.8. The van der Waals surface area contributed by atoms with E-state index >= 15 is 0 Å². The van der Waals surface area contributed by atoms with E-state index in [0.29, 0.717) is 16.3 Å². The predicted octanol–water partition coefficient (Wildman–Crippen LogP) is 1.89. The van der Waals surface area contributed by atoms with Crippen molar-refractivity contribution in [2.75, 3.05) is 6.61 Å². The average molecular weight is 258 g/mol. The van der Waals surface area contributed by atoms with Crippen molar-refractivity contribution in [2.24, 2.45) is 11.7 Å². The van der Waals surface area contributed by atoms with E-state index in [2.05, 4.69) is 0 Å². The Balaban J connectivity index is 2.70. The number of hydrogen-bond acceptors (Lipinski definition) is 3. The van der Waals surface area contributed by atoms with Crippen LogP contribution in [0.1, 0.15) is 25.5 Å². The largest absolute Gasteiger partial charge is 0.491 e. The Morgan fingerprint density at radius 2 is 2.18 bits per heavy atom. The molecule has 2 unspecified atom stereocenters. The lowest BCUT2D eigenvalue weighted by Crippen LogP contribution is -2.25. The lowest BCUT2D eigenvalue weighted by molar-refractivity contribution is -0.122. The minimum Gasteiger partial charge on any atom is -0.491 e. The number of aliphatic hydroxyl groups is 1. The second kappa shape index (κ2) is 5.89. The maximum atomic E-state index is 10.8. The van der Waals surface area contributed by atoms with Gasteiger partial charge in [-0.2, -0.15) is 0 Å². The van der Waals surface area contributed by atoms with Gasteiger partial charge in [-0.1, -0.05) is 24.6 Å². The highest BCUT2D eigenvalue weighted by Crippen LogP contribution is 2.28. The molecule has 0 aliphatic heterocycles. The van der Waals surface area contributed by atoms with Gasteiger partial charge in [0, 0.05) is 0 Å². The van der Waals surface area contributed by atoms with Crippen molar-refractivity contribution in [2.45, 2.75) is 20.0 Å². The van der Waals surface area contributed by atoms with E-state index in [1.165, 1.54) is 0 Å². The van der Waals surface area contributed by atoms with Crippen LogP contribution in [-0.2, 0) is 4.79 Å². The minimum atomic E-state index is -0.578. The Labute approximate surface area is 105 Å². The maximum absolute atomic E-state index is 10.8. The van der Waals surface area contributed by atoms with E-state index in [4.69, 9.17) is 22.1 Å². The molecule has 0 aliphatic carbocycles. The summed E-state index contributed by atoms with van der Waals surface area (Å²) in [6.07, 6.45) is -0.578. The summed E-state index contributed by atoms with van der Waals surface area (Å²) in [7, 11) is 0. The van der Waals surface area contributed by atoms with Gasteiger partial charge >= 0.3 is 0 Å². The minimum absolute atomic E-state index is 0.184. The van der Waals surface area contributed by atoms with Gasteiger partial charge in [-0.3, -0.25) is 4.79 Å². The van der Waals surface area contributed by atoms with Gasteiger partial charge in [-0.25, -0.2) is 0 Å². The van der Waals surface area contributed by atoms with Gasteiger partial charge in [0.15, 0.2) is 0 Å². The van der Waals surface area contributed by atoms with E-state index in [-0.39, 0.29) is 12.5 Å². The van der Waals surface area contributed by atoms with Crippen molar-refractivity contribution < 1.29 is 14.6 Å². The third kappa shape index (κ3) is 3.91. The van der Waals surface area contributed by atoms with E-state index in [1.807, 2.05) is 0 Å². The van der Waals surface area contributed by atoms with Crippen LogP contribution >= 0.6 is 11.6 Å². The molecule has 1 rings (SSSR count). The molecule has 5 heteroatoms. The predicted molar refractivity (Wildman–Crippen MR) is 65.9 cm³/mol. The standard InChI is InChI=1S/C12H16ClNO3/c1-7(12(14)16)6-17-11-4-3-9(8(2)15)5-10(11)13/h3-5,7-8,15H,6H2,1-2H3,(H2,14,16). The van der Waals surface area contributed by atoms with E-state index in [9.17, 15) is 9.90 Å². The highest BCUT2D eigenvalue weighted by molar-refractivity contribution is 6.32. The maximum Gasteiger partial charge on any atom is 0.223 e. The van der Waals surface area contributed by atoms with Gasteiger partial charge in [-0.15, -0.1) is 0 Å². The second-order valence-corrected chi connectivity index (χ2v) is 4.39. The highest BCUT2D eigenvalue weighted by Gasteiger charge is 2.11. The van der Waals surface area contributed by atoms with Crippen molar-refractivity contribution >= 4 is 17.5 Å². The molecule has 17 heavy (non-hydrogen) atoms. The monoisotopic (exact) mass is 257 g/mol. The third-order valence-electron chi connectivity index (χ3n) is 2.41. The molecule has 1 aromatic carbocycles. The Hall–Kier alpha value is -1.26. The zero-order valence-corrected chi connectivity index (χ0v) is 10.6. The summed E-state index contributed by atoms with van der Waals surface area (Å²) in [5, 5.41) is 9.77. The number of aliphatic hydroxyl groups excluding tert-OH is 1. The fourth-order valence-corrected chi connectivity index (χ4v) is 1.43. The van der Waals surface area contributed by atoms with Crippen molar-refractivity contribution in [3.8, 4) is 5.75 Å². The van der Waals surface area contributed by atoms with E-state index in [0.717, 1.165) is 0 Å². The summed E-state index contributed by atoms with van der Waals surface area (Å²) >= 11 is 5.98. The van der Waals surface area contributed by atoms with Gasteiger partial charge in [-0.05, 0) is 24.6 Å². The number of rotatable bonds is 5. The second-order valence-electron chi connectivity index (χ2n) is 3.98. The molecular weight excluding hydrogens is 242 g/mol. The first-order chi connectivity index (χ1) is 7.91. The van der Waals surface area contributed by atoms with Gasteiger partial charge in [0.1, 0.15) is 5.75 Å².